The summed E-state index contributed by atoms with van der Waals surface area (Å²) in [5.41, 5.74) is 7.97. The maximum atomic E-state index is 6.07. The molecule has 2 atom stereocenters. The van der Waals surface area contributed by atoms with Crippen molar-refractivity contribution in [2.45, 2.75) is 25.4 Å². The minimum atomic E-state index is 0.109. The minimum Gasteiger partial charge on any atom is -0.379 e. The van der Waals surface area contributed by atoms with Gasteiger partial charge in [-0.1, -0.05) is 29.3 Å². The number of hydrogen-bond donors (Lipinski definition) is 2. The van der Waals surface area contributed by atoms with Gasteiger partial charge in [-0.15, -0.1) is 0 Å². The Morgan fingerprint density at radius 2 is 2.21 bits per heavy atom. The lowest BCUT2D eigenvalue weighted by Crippen LogP contribution is -2.36. The molecule has 1 aliphatic heterocycles. The highest BCUT2D eigenvalue weighted by molar-refractivity contribution is 6.43. The van der Waals surface area contributed by atoms with E-state index in [0.29, 0.717) is 10.0 Å². The Bertz CT molecular complexity index is 363. The first-order chi connectivity index (χ1) is 6.59. The standard InChI is InChI=1S/C10H12Cl2N2/c1-5(13)8-4-6-2-3-7(11)9(12)10(6)14-8/h2-3,5,8,14H,4,13H2,1H3. The van der Waals surface area contributed by atoms with Gasteiger partial charge in [0.05, 0.1) is 15.7 Å². The highest BCUT2D eigenvalue weighted by Crippen LogP contribution is 2.38. The van der Waals surface area contributed by atoms with Crippen molar-refractivity contribution in [1.82, 2.24) is 0 Å². The number of rotatable bonds is 1. The Balaban J connectivity index is 2.36. The van der Waals surface area contributed by atoms with E-state index in [1.54, 1.807) is 0 Å². The first kappa shape index (κ1) is 10.1. The molecule has 1 heterocycles. The number of nitrogens with one attached hydrogen (secondary N) is 1. The average Bonchev–Trinajstić information content (AvgIpc) is 2.56. The second-order valence-electron chi connectivity index (χ2n) is 3.71. The van der Waals surface area contributed by atoms with E-state index in [2.05, 4.69) is 5.32 Å². The molecule has 0 spiro atoms. The van der Waals surface area contributed by atoms with Crippen molar-refractivity contribution in [2.75, 3.05) is 5.32 Å². The first-order valence-electron chi connectivity index (χ1n) is 4.58. The van der Waals surface area contributed by atoms with Crippen LogP contribution in [0.25, 0.3) is 0 Å². The molecule has 0 aliphatic carbocycles. The molecule has 0 saturated heterocycles. The van der Waals surface area contributed by atoms with Crippen LogP contribution in [-0.4, -0.2) is 12.1 Å². The Morgan fingerprint density at radius 3 is 2.86 bits per heavy atom. The second-order valence-corrected chi connectivity index (χ2v) is 4.49. The van der Waals surface area contributed by atoms with Gasteiger partial charge in [-0.3, -0.25) is 0 Å². The van der Waals surface area contributed by atoms with Crippen LogP contribution >= 0.6 is 23.2 Å². The lowest BCUT2D eigenvalue weighted by atomic mass is 10.1. The topological polar surface area (TPSA) is 38.0 Å². The molecule has 2 unspecified atom stereocenters. The Morgan fingerprint density at radius 1 is 1.50 bits per heavy atom. The average molecular weight is 231 g/mol. The lowest BCUT2D eigenvalue weighted by Gasteiger charge is -2.15. The highest BCUT2D eigenvalue weighted by atomic mass is 35.5. The molecule has 14 heavy (non-hydrogen) atoms. The molecule has 0 aromatic heterocycles. The fourth-order valence-corrected chi connectivity index (χ4v) is 2.10. The predicted octanol–water partition coefficient (Wildman–Crippen LogP) is 2.68. The largest absolute Gasteiger partial charge is 0.379 e. The smallest absolute Gasteiger partial charge is 0.0826 e. The van der Waals surface area contributed by atoms with Crippen LogP contribution in [0.3, 0.4) is 0 Å². The molecule has 1 aromatic carbocycles. The van der Waals surface area contributed by atoms with Gasteiger partial charge >= 0.3 is 0 Å². The molecule has 0 amide bonds. The number of hydrogen-bond acceptors (Lipinski definition) is 2. The van der Waals surface area contributed by atoms with E-state index in [4.69, 9.17) is 28.9 Å². The third-order valence-corrected chi connectivity index (χ3v) is 3.39. The zero-order valence-corrected chi connectivity index (χ0v) is 9.36. The van der Waals surface area contributed by atoms with Gasteiger partial charge in [0.25, 0.3) is 0 Å². The Labute approximate surface area is 93.4 Å². The highest BCUT2D eigenvalue weighted by Gasteiger charge is 2.25. The molecule has 0 bridgehead atoms. The summed E-state index contributed by atoms with van der Waals surface area (Å²) >= 11 is 12.0. The monoisotopic (exact) mass is 230 g/mol. The van der Waals surface area contributed by atoms with Crippen molar-refractivity contribution in [1.29, 1.82) is 0 Å². The summed E-state index contributed by atoms with van der Waals surface area (Å²) in [6.45, 7) is 1.99. The van der Waals surface area contributed by atoms with Gasteiger partial charge < -0.3 is 11.1 Å². The van der Waals surface area contributed by atoms with Crippen molar-refractivity contribution in [3.63, 3.8) is 0 Å². The molecular weight excluding hydrogens is 219 g/mol. The van der Waals surface area contributed by atoms with Gasteiger partial charge in [-0.2, -0.15) is 0 Å². The molecular formula is C10H12Cl2N2. The summed E-state index contributed by atoms with van der Waals surface area (Å²) < 4.78 is 0. The quantitative estimate of drug-likeness (QED) is 0.779. The maximum absolute atomic E-state index is 6.07. The fourth-order valence-electron chi connectivity index (χ4n) is 1.71. The molecule has 1 aliphatic rings. The van der Waals surface area contributed by atoms with Crippen LogP contribution in [0.2, 0.25) is 10.0 Å². The third kappa shape index (κ3) is 1.58. The van der Waals surface area contributed by atoms with Crippen LogP contribution < -0.4 is 11.1 Å². The van der Waals surface area contributed by atoms with Crippen LogP contribution in [-0.2, 0) is 6.42 Å². The SMILES string of the molecule is CC(N)C1Cc2ccc(Cl)c(Cl)c2N1. The van der Waals surface area contributed by atoms with Gasteiger partial charge in [0.2, 0.25) is 0 Å². The summed E-state index contributed by atoms with van der Waals surface area (Å²) in [5.74, 6) is 0. The summed E-state index contributed by atoms with van der Waals surface area (Å²) in [4.78, 5) is 0. The Kier molecular flexibility index (Phi) is 2.60. The van der Waals surface area contributed by atoms with Crippen molar-refractivity contribution in [3.05, 3.63) is 27.7 Å². The van der Waals surface area contributed by atoms with Crippen molar-refractivity contribution in [2.24, 2.45) is 5.73 Å². The Hall–Kier alpha value is -0.440. The normalized spacial score (nSPS) is 21.6. The number of fused-ring (bicyclic) bond motifs is 1. The summed E-state index contributed by atoms with van der Waals surface area (Å²) in [6, 6.07) is 4.20. The number of benzene rings is 1. The van der Waals surface area contributed by atoms with Crippen LogP contribution in [0, 0.1) is 0 Å². The van der Waals surface area contributed by atoms with E-state index in [1.807, 2.05) is 19.1 Å². The van der Waals surface area contributed by atoms with Crippen molar-refractivity contribution < 1.29 is 0 Å². The minimum absolute atomic E-state index is 0.109. The molecule has 1 aromatic rings. The van der Waals surface area contributed by atoms with E-state index in [1.165, 1.54) is 5.56 Å². The molecule has 3 N–H and O–H groups in total. The maximum Gasteiger partial charge on any atom is 0.0826 e. The lowest BCUT2D eigenvalue weighted by molar-refractivity contribution is 0.612. The summed E-state index contributed by atoms with van der Waals surface area (Å²) in [7, 11) is 0. The van der Waals surface area contributed by atoms with E-state index >= 15 is 0 Å². The van der Waals surface area contributed by atoms with Crippen LogP contribution in [0.5, 0.6) is 0 Å². The third-order valence-electron chi connectivity index (χ3n) is 2.59. The van der Waals surface area contributed by atoms with Crippen LogP contribution in [0.15, 0.2) is 12.1 Å². The molecule has 0 radical (unpaired) electrons. The summed E-state index contributed by atoms with van der Waals surface area (Å²) in [6.07, 6.45) is 0.921. The number of nitrogens with two attached hydrogens (primary N) is 1. The van der Waals surface area contributed by atoms with Crippen molar-refractivity contribution in [3.8, 4) is 0 Å². The van der Waals surface area contributed by atoms with Crippen LogP contribution in [0.1, 0.15) is 12.5 Å². The molecule has 4 heteroatoms. The van der Waals surface area contributed by atoms with Crippen molar-refractivity contribution >= 4 is 28.9 Å². The van der Waals surface area contributed by atoms with Gasteiger partial charge in [-0.25, -0.2) is 0 Å². The summed E-state index contributed by atoms with van der Waals surface area (Å²) in [5, 5.41) is 4.49. The van der Waals surface area contributed by atoms with E-state index in [-0.39, 0.29) is 12.1 Å². The first-order valence-corrected chi connectivity index (χ1v) is 5.34. The molecule has 76 valence electrons. The van der Waals surface area contributed by atoms with Gasteiger partial charge in [-0.05, 0) is 25.0 Å². The fraction of sp³-hybridized carbons (Fsp3) is 0.400. The van der Waals surface area contributed by atoms with Gasteiger partial charge in [0, 0.05) is 12.1 Å². The number of anilines is 1. The van der Waals surface area contributed by atoms with E-state index in [9.17, 15) is 0 Å². The molecule has 0 saturated carbocycles. The predicted molar refractivity (Wildman–Crippen MR) is 61.2 cm³/mol. The van der Waals surface area contributed by atoms with E-state index < -0.39 is 0 Å². The molecule has 2 rings (SSSR count). The molecule has 0 fully saturated rings. The zero-order chi connectivity index (χ0) is 10.3. The van der Waals surface area contributed by atoms with E-state index in [0.717, 1.165) is 12.1 Å². The van der Waals surface area contributed by atoms with Gasteiger partial charge in [0.15, 0.2) is 0 Å². The number of halogens is 2. The second kappa shape index (κ2) is 3.61. The van der Waals surface area contributed by atoms with Gasteiger partial charge in [0.1, 0.15) is 0 Å². The molecule has 2 nitrogen and oxygen atoms in total. The van der Waals surface area contributed by atoms with Crippen LogP contribution in [0.4, 0.5) is 5.69 Å². The zero-order valence-electron chi connectivity index (χ0n) is 7.85.